The van der Waals surface area contributed by atoms with Crippen molar-refractivity contribution in [3.63, 3.8) is 0 Å². The molecule has 0 fully saturated rings. The molecule has 0 heterocycles. The van der Waals surface area contributed by atoms with Crippen molar-refractivity contribution in [2.24, 2.45) is 4.40 Å². The predicted octanol–water partition coefficient (Wildman–Crippen LogP) is 3.17. The predicted molar refractivity (Wildman–Crippen MR) is 51.1 cm³/mol. The van der Waals surface area contributed by atoms with E-state index in [1.807, 2.05) is 32.0 Å². The molecule has 0 amide bonds. The van der Waals surface area contributed by atoms with Gasteiger partial charge in [0.1, 0.15) is 0 Å². The first-order valence-corrected chi connectivity index (χ1v) is 4.29. The fourth-order valence-corrected chi connectivity index (χ4v) is 1.19. The molecule has 0 aliphatic rings. The van der Waals surface area contributed by atoms with Crippen LogP contribution in [0.25, 0.3) is 0 Å². The lowest BCUT2D eigenvalue weighted by atomic mass is 10.4. The molecule has 2 heteroatoms. The summed E-state index contributed by atoms with van der Waals surface area (Å²) in [6, 6.07) is 10.1. The van der Waals surface area contributed by atoms with Gasteiger partial charge in [-0.05, 0) is 26.0 Å². The largest absolute Gasteiger partial charge is 0.221 e. The van der Waals surface area contributed by atoms with Crippen LogP contribution in [0.3, 0.4) is 0 Å². The highest BCUT2D eigenvalue weighted by Crippen LogP contribution is 2.17. The van der Waals surface area contributed by atoms with E-state index in [2.05, 4.69) is 16.5 Å². The molecule has 0 aliphatic carbocycles. The summed E-state index contributed by atoms with van der Waals surface area (Å²) >= 11 is 1.52. The molecule has 1 aromatic rings. The summed E-state index contributed by atoms with van der Waals surface area (Å²) in [5.74, 6) is 0. The lowest BCUT2D eigenvalue weighted by molar-refractivity contribution is 1.46. The molecule has 0 saturated heterocycles. The van der Waals surface area contributed by atoms with E-state index >= 15 is 0 Å². The summed E-state index contributed by atoms with van der Waals surface area (Å²) < 4.78 is 4.23. The Morgan fingerprint density at radius 3 is 2.36 bits per heavy atom. The first-order chi connectivity index (χ1) is 5.29. The molecule has 0 atom stereocenters. The van der Waals surface area contributed by atoms with Gasteiger partial charge in [0.25, 0.3) is 0 Å². The van der Waals surface area contributed by atoms with E-state index in [4.69, 9.17) is 0 Å². The first-order valence-electron chi connectivity index (χ1n) is 3.52. The molecule has 0 aliphatic heterocycles. The quantitative estimate of drug-likeness (QED) is 0.484. The van der Waals surface area contributed by atoms with Crippen LogP contribution in [0.1, 0.15) is 13.8 Å². The fraction of sp³-hybridized carbons (Fsp3) is 0.222. The molecule has 11 heavy (non-hydrogen) atoms. The minimum absolute atomic E-state index is 1.10. The van der Waals surface area contributed by atoms with Crippen molar-refractivity contribution in [2.45, 2.75) is 18.7 Å². The molecule has 1 nitrogen and oxygen atoms in total. The van der Waals surface area contributed by atoms with Crippen molar-refractivity contribution in [1.29, 1.82) is 0 Å². The molecule has 0 N–H and O–H groups in total. The van der Waals surface area contributed by atoms with E-state index in [-0.39, 0.29) is 0 Å². The second-order valence-corrected chi connectivity index (χ2v) is 3.28. The number of rotatable bonds is 2. The van der Waals surface area contributed by atoms with Crippen LogP contribution < -0.4 is 0 Å². The molecule has 1 aromatic carbocycles. The molecule has 58 valence electrons. The third-order valence-electron chi connectivity index (χ3n) is 1.08. The van der Waals surface area contributed by atoms with Crippen LogP contribution in [0.5, 0.6) is 0 Å². The molecular formula is C9H11NS. The third-order valence-corrected chi connectivity index (χ3v) is 2.02. The van der Waals surface area contributed by atoms with Crippen LogP contribution in [0.15, 0.2) is 39.6 Å². The van der Waals surface area contributed by atoms with Gasteiger partial charge in [0.15, 0.2) is 0 Å². The van der Waals surface area contributed by atoms with Crippen molar-refractivity contribution < 1.29 is 0 Å². The highest BCUT2D eigenvalue weighted by atomic mass is 32.2. The summed E-state index contributed by atoms with van der Waals surface area (Å²) in [5.41, 5.74) is 1.10. The van der Waals surface area contributed by atoms with Crippen LogP contribution in [-0.4, -0.2) is 5.71 Å². The zero-order valence-electron chi connectivity index (χ0n) is 6.74. The summed E-state index contributed by atoms with van der Waals surface area (Å²) in [4.78, 5) is 1.19. The normalized spacial score (nSPS) is 9.27. The van der Waals surface area contributed by atoms with Crippen LogP contribution >= 0.6 is 11.9 Å². The van der Waals surface area contributed by atoms with Gasteiger partial charge in [-0.1, -0.05) is 18.2 Å². The molecule has 1 rings (SSSR count). The average Bonchev–Trinajstić information content (AvgIpc) is 2.03. The highest BCUT2D eigenvalue weighted by molar-refractivity contribution is 7.98. The monoisotopic (exact) mass is 165 g/mol. The fourth-order valence-electron chi connectivity index (χ4n) is 0.625. The standard InChI is InChI=1S/C9H11NS/c1-8(2)10-11-9-6-4-3-5-7-9/h3-7H,1-2H3. The van der Waals surface area contributed by atoms with Crippen LogP contribution in [-0.2, 0) is 0 Å². The van der Waals surface area contributed by atoms with E-state index in [1.54, 1.807) is 0 Å². The van der Waals surface area contributed by atoms with Crippen molar-refractivity contribution >= 4 is 17.7 Å². The maximum Gasteiger partial charge on any atom is 0.0305 e. The average molecular weight is 165 g/mol. The van der Waals surface area contributed by atoms with Crippen molar-refractivity contribution in [3.05, 3.63) is 30.3 Å². The van der Waals surface area contributed by atoms with Crippen LogP contribution in [0, 0.1) is 0 Å². The van der Waals surface area contributed by atoms with Gasteiger partial charge in [0, 0.05) is 22.6 Å². The molecular weight excluding hydrogens is 154 g/mol. The lowest BCUT2D eigenvalue weighted by Crippen LogP contribution is -1.75. The Morgan fingerprint density at radius 2 is 1.82 bits per heavy atom. The topological polar surface area (TPSA) is 12.4 Å². The second-order valence-electron chi connectivity index (χ2n) is 2.44. The van der Waals surface area contributed by atoms with Gasteiger partial charge in [0.05, 0.1) is 0 Å². The first kappa shape index (κ1) is 8.34. The smallest absolute Gasteiger partial charge is 0.0305 e. The minimum Gasteiger partial charge on any atom is -0.221 e. The zero-order valence-corrected chi connectivity index (χ0v) is 7.56. The van der Waals surface area contributed by atoms with Gasteiger partial charge in [-0.2, -0.15) is 0 Å². The van der Waals surface area contributed by atoms with Gasteiger partial charge < -0.3 is 0 Å². The van der Waals surface area contributed by atoms with Crippen LogP contribution in [0.4, 0.5) is 0 Å². The van der Waals surface area contributed by atoms with Crippen molar-refractivity contribution in [2.75, 3.05) is 0 Å². The van der Waals surface area contributed by atoms with Crippen LogP contribution in [0.2, 0.25) is 0 Å². The molecule has 0 bridgehead atoms. The highest BCUT2D eigenvalue weighted by Gasteiger charge is 1.87. The molecule has 0 saturated carbocycles. The minimum atomic E-state index is 1.10. The summed E-state index contributed by atoms with van der Waals surface area (Å²) in [7, 11) is 0. The van der Waals surface area contributed by atoms with Gasteiger partial charge in [0.2, 0.25) is 0 Å². The number of benzene rings is 1. The van der Waals surface area contributed by atoms with E-state index in [9.17, 15) is 0 Å². The Hall–Kier alpha value is -0.760. The molecule has 0 spiro atoms. The maximum absolute atomic E-state index is 4.23. The van der Waals surface area contributed by atoms with Gasteiger partial charge >= 0.3 is 0 Å². The van der Waals surface area contributed by atoms with Crippen molar-refractivity contribution in [3.8, 4) is 0 Å². The molecule has 0 radical (unpaired) electrons. The Kier molecular flexibility index (Phi) is 3.17. The van der Waals surface area contributed by atoms with Gasteiger partial charge in [-0.25, -0.2) is 4.40 Å². The summed E-state index contributed by atoms with van der Waals surface area (Å²) in [5, 5.41) is 0. The summed E-state index contributed by atoms with van der Waals surface area (Å²) in [6.45, 7) is 3.99. The summed E-state index contributed by atoms with van der Waals surface area (Å²) in [6.07, 6.45) is 0. The number of hydrogen-bond donors (Lipinski definition) is 0. The Morgan fingerprint density at radius 1 is 1.18 bits per heavy atom. The molecule has 0 unspecified atom stereocenters. The van der Waals surface area contributed by atoms with E-state index in [0.29, 0.717) is 0 Å². The Labute approximate surface area is 71.7 Å². The lowest BCUT2D eigenvalue weighted by Gasteiger charge is -1.93. The van der Waals surface area contributed by atoms with E-state index in [1.165, 1.54) is 16.8 Å². The molecule has 0 aromatic heterocycles. The Balaban J connectivity index is 2.59. The zero-order chi connectivity index (χ0) is 8.10. The van der Waals surface area contributed by atoms with Gasteiger partial charge in [-0.3, -0.25) is 0 Å². The maximum atomic E-state index is 4.23. The van der Waals surface area contributed by atoms with E-state index in [0.717, 1.165) is 5.71 Å². The van der Waals surface area contributed by atoms with Crippen molar-refractivity contribution in [1.82, 2.24) is 0 Å². The van der Waals surface area contributed by atoms with Gasteiger partial charge in [-0.15, -0.1) is 0 Å². The Bertz CT molecular complexity index is 237. The number of hydrogen-bond acceptors (Lipinski definition) is 2. The number of nitrogens with zero attached hydrogens (tertiary/aromatic N) is 1. The SMILES string of the molecule is CC(C)=NSc1ccccc1. The third kappa shape index (κ3) is 3.23. The van der Waals surface area contributed by atoms with E-state index < -0.39 is 0 Å². The second kappa shape index (κ2) is 4.19.